The third-order valence-corrected chi connectivity index (χ3v) is 2.10. The van der Waals surface area contributed by atoms with Crippen molar-refractivity contribution in [1.82, 2.24) is 0 Å². The Morgan fingerprint density at radius 3 is 2.87 bits per heavy atom. The Hall–Kier alpha value is -1.06. The van der Waals surface area contributed by atoms with Gasteiger partial charge in [-0.1, -0.05) is 17.7 Å². The van der Waals surface area contributed by atoms with Gasteiger partial charge in [0.15, 0.2) is 6.29 Å². The average Bonchev–Trinajstić information content (AvgIpc) is 2.26. The van der Waals surface area contributed by atoms with E-state index in [1.807, 2.05) is 6.92 Å². The second kappa shape index (κ2) is 6.43. The van der Waals surface area contributed by atoms with Crippen molar-refractivity contribution >= 4 is 17.9 Å². The lowest BCUT2D eigenvalue weighted by Gasteiger charge is -2.09. The molecule has 0 atom stereocenters. The summed E-state index contributed by atoms with van der Waals surface area (Å²) in [7, 11) is 0. The van der Waals surface area contributed by atoms with E-state index >= 15 is 0 Å². The summed E-state index contributed by atoms with van der Waals surface area (Å²) in [5.41, 5.74) is 0.457. The third kappa shape index (κ3) is 3.53. The summed E-state index contributed by atoms with van der Waals surface area (Å²) >= 11 is 5.90. The van der Waals surface area contributed by atoms with Crippen molar-refractivity contribution in [2.75, 3.05) is 19.8 Å². The molecule has 3 nitrogen and oxygen atoms in total. The molecule has 0 saturated heterocycles. The third-order valence-electron chi connectivity index (χ3n) is 1.80. The van der Waals surface area contributed by atoms with Crippen LogP contribution in [0.5, 0.6) is 5.75 Å². The molecule has 0 aliphatic rings. The van der Waals surface area contributed by atoms with Crippen LogP contribution in [-0.2, 0) is 4.74 Å². The van der Waals surface area contributed by atoms with Crippen LogP contribution in [-0.4, -0.2) is 26.1 Å². The van der Waals surface area contributed by atoms with Crippen molar-refractivity contribution in [2.24, 2.45) is 0 Å². The molecule has 0 amide bonds. The number of benzene rings is 1. The monoisotopic (exact) mass is 228 g/mol. The van der Waals surface area contributed by atoms with Gasteiger partial charge < -0.3 is 9.47 Å². The molecule has 0 N–H and O–H groups in total. The molecule has 0 saturated carbocycles. The van der Waals surface area contributed by atoms with Crippen molar-refractivity contribution in [3.05, 3.63) is 28.8 Å². The molecular formula is C11H13ClO3. The summed E-state index contributed by atoms with van der Waals surface area (Å²) in [6.45, 7) is 3.43. The van der Waals surface area contributed by atoms with E-state index in [9.17, 15) is 4.79 Å². The molecular weight excluding hydrogens is 216 g/mol. The first-order valence-electron chi connectivity index (χ1n) is 4.73. The number of aldehydes is 1. The van der Waals surface area contributed by atoms with Gasteiger partial charge in [0.05, 0.1) is 17.2 Å². The molecule has 0 fully saturated rings. The van der Waals surface area contributed by atoms with Crippen LogP contribution in [0.15, 0.2) is 18.2 Å². The quantitative estimate of drug-likeness (QED) is 0.555. The molecule has 0 aliphatic heterocycles. The van der Waals surface area contributed by atoms with E-state index in [0.29, 0.717) is 36.2 Å². The van der Waals surface area contributed by atoms with E-state index in [0.717, 1.165) is 6.29 Å². The van der Waals surface area contributed by atoms with Gasteiger partial charge in [0.2, 0.25) is 0 Å². The van der Waals surface area contributed by atoms with Crippen molar-refractivity contribution in [3.8, 4) is 5.75 Å². The van der Waals surface area contributed by atoms with Gasteiger partial charge in [-0.05, 0) is 19.1 Å². The molecule has 15 heavy (non-hydrogen) atoms. The Kier molecular flexibility index (Phi) is 5.15. The molecule has 0 spiro atoms. The van der Waals surface area contributed by atoms with Crippen molar-refractivity contribution < 1.29 is 14.3 Å². The van der Waals surface area contributed by atoms with Crippen LogP contribution in [0.2, 0.25) is 5.02 Å². The molecule has 1 rings (SSSR count). The average molecular weight is 229 g/mol. The van der Waals surface area contributed by atoms with E-state index in [4.69, 9.17) is 21.1 Å². The first-order valence-corrected chi connectivity index (χ1v) is 5.11. The van der Waals surface area contributed by atoms with Gasteiger partial charge in [-0.3, -0.25) is 4.79 Å². The second-order valence-electron chi connectivity index (χ2n) is 2.82. The zero-order valence-electron chi connectivity index (χ0n) is 8.53. The molecule has 1 aromatic carbocycles. The van der Waals surface area contributed by atoms with Crippen LogP contribution in [0, 0.1) is 0 Å². The maximum absolute atomic E-state index is 10.7. The van der Waals surface area contributed by atoms with E-state index < -0.39 is 0 Å². The Morgan fingerprint density at radius 2 is 2.20 bits per heavy atom. The highest BCUT2D eigenvalue weighted by Gasteiger charge is 2.06. The summed E-state index contributed by atoms with van der Waals surface area (Å²) in [6, 6.07) is 5.06. The largest absolute Gasteiger partial charge is 0.489 e. The number of hydrogen-bond acceptors (Lipinski definition) is 3. The Balaban J connectivity index is 2.62. The van der Waals surface area contributed by atoms with Crippen molar-refractivity contribution in [2.45, 2.75) is 6.92 Å². The molecule has 0 heterocycles. The lowest BCUT2D eigenvalue weighted by atomic mass is 10.2. The number of halogens is 1. The highest BCUT2D eigenvalue weighted by atomic mass is 35.5. The first-order chi connectivity index (χ1) is 7.29. The molecule has 1 aromatic rings. The van der Waals surface area contributed by atoms with Gasteiger partial charge in [-0.25, -0.2) is 0 Å². The van der Waals surface area contributed by atoms with Crippen LogP contribution < -0.4 is 4.74 Å². The topological polar surface area (TPSA) is 35.5 Å². The molecule has 0 unspecified atom stereocenters. The molecule has 0 radical (unpaired) electrons. The zero-order valence-corrected chi connectivity index (χ0v) is 9.29. The number of rotatable bonds is 6. The normalized spacial score (nSPS) is 10.0. The number of carbonyl (C=O) groups is 1. The Morgan fingerprint density at radius 1 is 1.40 bits per heavy atom. The highest BCUT2D eigenvalue weighted by Crippen LogP contribution is 2.27. The Labute approximate surface area is 93.9 Å². The molecule has 0 aliphatic carbocycles. The van der Waals surface area contributed by atoms with Gasteiger partial charge in [0, 0.05) is 6.61 Å². The fraction of sp³-hybridized carbons (Fsp3) is 0.364. The minimum atomic E-state index is 0.387. The summed E-state index contributed by atoms with van der Waals surface area (Å²) in [6.07, 6.45) is 0.724. The number of para-hydroxylation sites is 1. The van der Waals surface area contributed by atoms with E-state index in [2.05, 4.69) is 0 Å². The standard InChI is InChI=1S/C11H13ClO3/c1-2-14-6-7-15-11-9(8-13)4-3-5-10(11)12/h3-5,8H,2,6-7H2,1H3. The predicted octanol–water partition coefficient (Wildman–Crippen LogP) is 2.57. The number of ether oxygens (including phenoxy) is 2. The lowest BCUT2D eigenvalue weighted by molar-refractivity contribution is 0.106. The van der Waals surface area contributed by atoms with E-state index in [1.54, 1.807) is 18.2 Å². The second-order valence-corrected chi connectivity index (χ2v) is 3.23. The Bertz CT molecular complexity index is 326. The van der Waals surface area contributed by atoms with Crippen LogP contribution in [0.1, 0.15) is 17.3 Å². The van der Waals surface area contributed by atoms with Crippen LogP contribution >= 0.6 is 11.6 Å². The fourth-order valence-electron chi connectivity index (χ4n) is 1.12. The molecule has 4 heteroatoms. The summed E-state index contributed by atoms with van der Waals surface area (Å²) in [5, 5.41) is 0.441. The molecule has 0 bridgehead atoms. The van der Waals surface area contributed by atoms with Gasteiger partial charge in [-0.2, -0.15) is 0 Å². The summed E-state index contributed by atoms with van der Waals surface area (Å²) < 4.78 is 10.5. The van der Waals surface area contributed by atoms with E-state index in [1.165, 1.54) is 0 Å². The number of carbonyl (C=O) groups excluding carboxylic acids is 1. The van der Waals surface area contributed by atoms with Crippen molar-refractivity contribution in [1.29, 1.82) is 0 Å². The summed E-state index contributed by atoms with van der Waals surface area (Å²) in [5.74, 6) is 0.425. The lowest BCUT2D eigenvalue weighted by Crippen LogP contribution is -2.07. The molecule has 82 valence electrons. The highest BCUT2D eigenvalue weighted by molar-refractivity contribution is 6.32. The smallest absolute Gasteiger partial charge is 0.153 e. The predicted molar refractivity (Wildman–Crippen MR) is 58.8 cm³/mol. The van der Waals surface area contributed by atoms with Crippen LogP contribution in [0.25, 0.3) is 0 Å². The zero-order chi connectivity index (χ0) is 11.1. The van der Waals surface area contributed by atoms with Crippen molar-refractivity contribution in [3.63, 3.8) is 0 Å². The maximum Gasteiger partial charge on any atom is 0.153 e. The molecule has 0 aromatic heterocycles. The minimum Gasteiger partial charge on any atom is -0.489 e. The van der Waals surface area contributed by atoms with E-state index in [-0.39, 0.29) is 0 Å². The van der Waals surface area contributed by atoms with Gasteiger partial charge in [0.1, 0.15) is 12.4 Å². The fourth-order valence-corrected chi connectivity index (χ4v) is 1.35. The maximum atomic E-state index is 10.7. The van der Waals surface area contributed by atoms with Gasteiger partial charge >= 0.3 is 0 Å². The van der Waals surface area contributed by atoms with Gasteiger partial charge in [0.25, 0.3) is 0 Å². The first kappa shape index (κ1) is 12.0. The summed E-state index contributed by atoms with van der Waals surface area (Å²) in [4.78, 5) is 10.7. The number of hydrogen-bond donors (Lipinski definition) is 0. The van der Waals surface area contributed by atoms with Crippen LogP contribution in [0.4, 0.5) is 0 Å². The SMILES string of the molecule is CCOCCOc1c(Cl)cccc1C=O. The van der Waals surface area contributed by atoms with Crippen LogP contribution in [0.3, 0.4) is 0 Å². The van der Waals surface area contributed by atoms with Gasteiger partial charge in [-0.15, -0.1) is 0 Å². The minimum absolute atomic E-state index is 0.387.